The minimum Gasteiger partial charge on any atom is -0.389 e. The number of benzene rings is 1. The molecule has 1 aromatic rings. The smallest absolute Gasteiger partial charge is 0.389 e. The van der Waals surface area contributed by atoms with Crippen molar-refractivity contribution in [1.82, 2.24) is 0 Å². The van der Waals surface area contributed by atoms with Crippen LogP contribution in [0.5, 0.6) is 0 Å². The Morgan fingerprint density at radius 1 is 1.13 bits per heavy atom. The summed E-state index contributed by atoms with van der Waals surface area (Å²) in [6.45, 7) is 1.13. The molecule has 0 spiro atoms. The first-order chi connectivity index (χ1) is 6.73. The normalized spacial score (nSPS) is 14.1. The highest BCUT2D eigenvalue weighted by Crippen LogP contribution is 2.33. The van der Waals surface area contributed by atoms with Gasteiger partial charge in [-0.25, -0.2) is 8.78 Å². The lowest BCUT2D eigenvalue weighted by molar-refractivity contribution is -0.140. The van der Waals surface area contributed by atoms with Gasteiger partial charge in [0.2, 0.25) is 0 Å². The first-order valence-corrected chi connectivity index (χ1v) is 3.97. The van der Waals surface area contributed by atoms with Gasteiger partial charge in [0.25, 0.3) is 0 Å². The van der Waals surface area contributed by atoms with Crippen molar-refractivity contribution in [1.29, 1.82) is 0 Å². The molecule has 1 rings (SSSR count). The summed E-state index contributed by atoms with van der Waals surface area (Å²) in [7, 11) is 0. The second kappa shape index (κ2) is 3.77. The van der Waals surface area contributed by atoms with E-state index in [2.05, 4.69) is 0 Å². The predicted molar refractivity (Wildman–Crippen MR) is 42.0 cm³/mol. The van der Waals surface area contributed by atoms with Crippen LogP contribution in [0.25, 0.3) is 0 Å². The molecule has 0 saturated carbocycles. The fourth-order valence-electron chi connectivity index (χ4n) is 1.10. The van der Waals surface area contributed by atoms with Crippen molar-refractivity contribution in [2.45, 2.75) is 19.2 Å². The standard InChI is InChI=1S/C9H7F5O/c1-4(15)5-2-8(11)6(3-7(5)10)9(12,13)14/h2-4,15H,1H3. The summed E-state index contributed by atoms with van der Waals surface area (Å²) in [5.41, 5.74) is -2.18. The zero-order valence-corrected chi connectivity index (χ0v) is 7.57. The minimum absolute atomic E-state index is 0.0391. The molecular weight excluding hydrogens is 219 g/mol. The van der Waals surface area contributed by atoms with Gasteiger partial charge < -0.3 is 5.11 Å². The van der Waals surface area contributed by atoms with Gasteiger partial charge in [0.05, 0.1) is 11.7 Å². The molecule has 15 heavy (non-hydrogen) atoms. The summed E-state index contributed by atoms with van der Waals surface area (Å²) >= 11 is 0. The molecule has 6 heteroatoms. The number of aliphatic hydroxyl groups excluding tert-OH is 1. The number of rotatable bonds is 1. The molecule has 0 bridgehead atoms. The zero-order valence-electron chi connectivity index (χ0n) is 7.57. The highest BCUT2D eigenvalue weighted by molar-refractivity contribution is 5.29. The lowest BCUT2D eigenvalue weighted by Gasteiger charge is -2.11. The van der Waals surface area contributed by atoms with Gasteiger partial charge in [0.1, 0.15) is 11.6 Å². The van der Waals surface area contributed by atoms with E-state index < -0.39 is 35.0 Å². The third-order valence-electron chi connectivity index (χ3n) is 1.84. The average Bonchev–Trinajstić information content (AvgIpc) is 2.06. The molecular formula is C9H7F5O. The van der Waals surface area contributed by atoms with Crippen molar-refractivity contribution in [2.75, 3.05) is 0 Å². The Labute approximate surface area is 82.1 Å². The molecule has 0 aliphatic rings. The van der Waals surface area contributed by atoms with Crippen LogP contribution in [0, 0.1) is 11.6 Å². The van der Waals surface area contributed by atoms with E-state index in [9.17, 15) is 22.0 Å². The molecule has 0 aliphatic heterocycles. The summed E-state index contributed by atoms with van der Waals surface area (Å²) < 4.78 is 62.2. The van der Waals surface area contributed by atoms with E-state index in [1.165, 1.54) is 0 Å². The quantitative estimate of drug-likeness (QED) is 0.729. The number of alkyl halides is 3. The van der Waals surface area contributed by atoms with Crippen LogP contribution < -0.4 is 0 Å². The van der Waals surface area contributed by atoms with E-state index in [0.29, 0.717) is 6.07 Å². The fraction of sp³-hybridized carbons (Fsp3) is 0.333. The van der Waals surface area contributed by atoms with E-state index in [4.69, 9.17) is 5.11 Å². The molecule has 1 nitrogen and oxygen atoms in total. The molecule has 1 unspecified atom stereocenters. The molecule has 0 saturated heterocycles. The SMILES string of the molecule is CC(O)c1cc(F)c(C(F)(F)F)cc1F. The van der Waals surface area contributed by atoms with Gasteiger partial charge in [-0.15, -0.1) is 0 Å². The van der Waals surface area contributed by atoms with E-state index in [-0.39, 0.29) is 6.07 Å². The summed E-state index contributed by atoms with van der Waals surface area (Å²) in [6, 6.07) is 0.389. The van der Waals surface area contributed by atoms with Crippen molar-refractivity contribution in [2.24, 2.45) is 0 Å². The third-order valence-corrected chi connectivity index (χ3v) is 1.84. The summed E-state index contributed by atoms with van der Waals surface area (Å²) in [5.74, 6) is -2.88. The molecule has 0 aliphatic carbocycles. The highest BCUT2D eigenvalue weighted by Gasteiger charge is 2.35. The Morgan fingerprint density at radius 3 is 2.07 bits per heavy atom. The van der Waals surface area contributed by atoms with Crippen LogP contribution >= 0.6 is 0 Å². The van der Waals surface area contributed by atoms with Crippen molar-refractivity contribution in [3.8, 4) is 0 Å². The summed E-state index contributed by atoms with van der Waals surface area (Å²) in [6.07, 6.45) is -6.30. The second-order valence-corrected chi connectivity index (χ2v) is 3.03. The van der Waals surface area contributed by atoms with Crippen LogP contribution in [0.2, 0.25) is 0 Å². The molecule has 1 aromatic carbocycles. The first-order valence-electron chi connectivity index (χ1n) is 3.97. The van der Waals surface area contributed by atoms with E-state index in [0.717, 1.165) is 6.92 Å². The monoisotopic (exact) mass is 226 g/mol. The molecule has 84 valence electrons. The third kappa shape index (κ3) is 2.44. The highest BCUT2D eigenvalue weighted by atomic mass is 19.4. The van der Waals surface area contributed by atoms with Crippen molar-refractivity contribution < 1.29 is 27.1 Å². The Kier molecular flexibility index (Phi) is 2.99. The Morgan fingerprint density at radius 2 is 1.67 bits per heavy atom. The summed E-state index contributed by atoms with van der Waals surface area (Å²) in [4.78, 5) is 0. The Hall–Kier alpha value is -1.17. The van der Waals surface area contributed by atoms with Crippen LogP contribution in [0.1, 0.15) is 24.2 Å². The van der Waals surface area contributed by atoms with Gasteiger partial charge in [-0.3, -0.25) is 0 Å². The molecule has 0 aromatic heterocycles. The molecule has 0 fully saturated rings. The second-order valence-electron chi connectivity index (χ2n) is 3.03. The number of aliphatic hydroxyl groups is 1. The van der Waals surface area contributed by atoms with Crippen LogP contribution in [0.4, 0.5) is 22.0 Å². The van der Waals surface area contributed by atoms with E-state index in [1.54, 1.807) is 0 Å². The van der Waals surface area contributed by atoms with Crippen LogP contribution in [0.15, 0.2) is 12.1 Å². The van der Waals surface area contributed by atoms with Gasteiger partial charge in [0, 0.05) is 5.56 Å². The number of hydrogen-bond donors (Lipinski definition) is 1. The lowest BCUT2D eigenvalue weighted by Crippen LogP contribution is -2.10. The lowest BCUT2D eigenvalue weighted by atomic mass is 10.1. The molecule has 1 atom stereocenters. The average molecular weight is 226 g/mol. The van der Waals surface area contributed by atoms with Crippen LogP contribution in [-0.2, 0) is 6.18 Å². The maximum Gasteiger partial charge on any atom is 0.419 e. The van der Waals surface area contributed by atoms with Gasteiger partial charge >= 0.3 is 6.18 Å². The Bertz CT molecular complexity index is 370. The molecule has 0 radical (unpaired) electrons. The van der Waals surface area contributed by atoms with Crippen LogP contribution in [-0.4, -0.2) is 5.11 Å². The zero-order chi connectivity index (χ0) is 11.8. The van der Waals surface area contributed by atoms with Gasteiger partial charge in [-0.05, 0) is 19.1 Å². The van der Waals surface area contributed by atoms with Gasteiger partial charge in [0.15, 0.2) is 0 Å². The fourth-order valence-corrected chi connectivity index (χ4v) is 1.10. The predicted octanol–water partition coefficient (Wildman–Crippen LogP) is 3.04. The molecule has 0 amide bonds. The molecule has 0 heterocycles. The first kappa shape index (κ1) is 11.9. The minimum atomic E-state index is -4.94. The van der Waals surface area contributed by atoms with Crippen molar-refractivity contribution in [3.05, 3.63) is 34.9 Å². The van der Waals surface area contributed by atoms with Gasteiger partial charge in [-0.2, -0.15) is 13.2 Å². The Balaban J connectivity index is 3.32. The van der Waals surface area contributed by atoms with Crippen molar-refractivity contribution in [3.63, 3.8) is 0 Å². The van der Waals surface area contributed by atoms with E-state index in [1.807, 2.05) is 0 Å². The number of halogens is 5. The number of hydrogen-bond acceptors (Lipinski definition) is 1. The molecule has 1 N–H and O–H groups in total. The maximum atomic E-state index is 13.0. The topological polar surface area (TPSA) is 20.2 Å². The maximum absolute atomic E-state index is 13.0. The van der Waals surface area contributed by atoms with E-state index >= 15 is 0 Å². The van der Waals surface area contributed by atoms with Crippen LogP contribution in [0.3, 0.4) is 0 Å². The summed E-state index contributed by atoms with van der Waals surface area (Å²) in [5, 5.41) is 8.93. The van der Waals surface area contributed by atoms with Gasteiger partial charge in [-0.1, -0.05) is 0 Å². The largest absolute Gasteiger partial charge is 0.419 e. The van der Waals surface area contributed by atoms with Crippen molar-refractivity contribution >= 4 is 0 Å².